The summed E-state index contributed by atoms with van der Waals surface area (Å²) in [6, 6.07) is 0. The van der Waals surface area contributed by atoms with Gasteiger partial charge in [-0.2, -0.15) is 0 Å². The Morgan fingerprint density at radius 2 is 2.30 bits per heavy atom. The van der Waals surface area contributed by atoms with Gasteiger partial charge in [0.2, 0.25) is 0 Å². The topological polar surface area (TPSA) is 43.4 Å². The smallest absolute Gasteiger partial charge is 0.549 e. The fourth-order valence-electron chi connectivity index (χ4n) is 0.505. The Hall–Kier alpha value is 0.170. The van der Waals surface area contributed by atoms with E-state index in [2.05, 4.69) is 6.58 Å². The zero-order chi connectivity index (χ0) is 7.28. The van der Waals surface area contributed by atoms with Crippen molar-refractivity contribution in [3.05, 3.63) is 12.7 Å². The Balaban J connectivity index is 0. The van der Waals surface area contributed by atoms with Crippen molar-refractivity contribution in [2.24, 2.45) is 0 Å². The van der Waals surface area contributed by atoms with Crippen LogP contribution in [-0.4, -0.2) is 31.0 Å². The fourth-order valence-corrected chi connectivity index (χ4v) is 0.505. The molecule has 0 radical (unpaired) electrons. The third-order valence-electron chi connectivity index (χ3n) is 0.840. The number of carboxylic acid groups (broad SMARTS) is 1. The fraction of sp³-hybridized carbons (Fsp3) is 0.500. The largest absolute Gasteiger partial charge is 1.00 e. The van der Waals surface area contributed by atoms with Crippen LogP contribution in [0.25, 0.3) is 0 Å². The quantitative estimate of drug-likeness (QED) is 0.303. The van der Waals surface area contributed by atoms with Gasteiger partial charge < -0.3 is 9.90 Å². The molecule has 0 aliphatic heterocycles. The van der Waals surface area contributed by atoms with Crippen molar-refractivity contribution < 1.29 is 39.5 Å². The molecule has 0 aromatic carbocycles. The van der Waals surface area contributed by atoms with Crippen LogP contribution in [0.15, 0.2) is 12.7 Å². The number of rotatable bonds is 4. The van der Waals surface area contributed by atoms with Crippen LogP contribution >= 0.6 is 0 Å². The first-order chi connectivity index (χ1) is 4.16. The van der Waals surface area contributed by atoms with Crippen LogP contribution in [0.2, 0.25) is 0 Å². The van der Waals surface area contributed by atoms with Crippen molar-refractivity contribution in [2.75, 3.05) is 20.1 Å². The van der Waals surface area contributed by atoms with Gasteiger partial charge in [-0.1, -0.05) is 6.08 Å². The first-order valence-corrected chi connectivity index (χ1v) is 2.66. The molecule has 4 heteroatoms. The molecular formula is C6H10NNaO2. The Morgan fingerprint density at radius 3 is 2.60 bits per heavy atom. The number of carbonyl (C=O) groups excluding carboxylic acids is 1. The summed E-state index contributed by atoms with van der Waals surface area (Å²) in [4.78, 5) is 11.5. The molecule has 0 aliphatic carbocycles. The monoisotopic (exact) mass is 151 g/mol. The molecule has 10 heavy (non-hydrogen) atoms. The van der Waals surface area contributed by atoms with E-state index in [1.807, 2.05) is 0 Å². The normalized spacial score (nSPS) is 8.60. The molecule has 0 aromatic rings. The maximum atomic E-state index is 9.90. The van der Waals surface area contributed by atoms with E-state index in [-0.39, 0.29) is 36.1 Å². The van der Waals surface area contributed by atoms with Gasteiger partial charge in [0.05, 0.1) is 5.97 Å². The van der Waals surface area contributed by atoms with E-state index in [0.717, 1.165) is 0 Å². The molecule has 0 spiro atoms. The SMILES string of the molecule is C=CCN(C)CC(=O)[O-].[Na+]. The first kappa shape index (κ1) is 12.8. The summed E-state index contributed by atoms with van der Waals surface area (Å²) < 4.78 is 0. The summed E-state index contributed by atoms with van der Waals surface area (Å²) in [7, 11) is 1.69. The third kappa shape index (κ3) is 8.17. The Morgan fingerprint density at radius 1 is 1.80 bits per heavy atom. The minimum Gasteiger partial charge on any atom is -0.549 e. The van der Waals surface area contributed by atoms with Gasteiger partial charge in [-0.15, -0.1) is 6.58 Å². The van der Waals surface area contributed by atoms with E-state index in [9.17, 15) is 9.90 Å². The molecule has 0 unspecified atom stereocenters. The molecule has 0 aliphatic rings. The van der Waals surface area contributed by atoms with Gasteiger partial charge in [-0.05, 0) is 7.05 Å². The van der Waals surface area contributed by atoms with E-state index in [1.165, 1.54) is 0 Å². The van der Waals surface area contributed by atoms with Crippen molar-refractivity contribution in [2.45, 2.75) is 0 Å². The van der Waals surface area contributed by atoms with Crippen molar-refractivity contribution in [3.8, 4) is 0 Å². The molecule has 0 amide bonds. The predicted octanol–water partition coefficient (Wildman–Crippen LogP) is -4.14. The minimum absolute atomic E-state index is 0. The summed E-state index contributed by atoms with van der Waals surface area (Å²) in [5.74, 6) is -1.06. The number of aliphatic carboxylic acids is 1. The molecule has 3 nitrogen and oxygen atoms in total. The van der Waals surface area contributed by atoms with E-state index >= 15 is 0 Å². The zero-order valence-corrected chi connectivity index (χ0v) is 8.46. The van der Waals surface area contributed by atoms with Gasteiger partial charge >= 0.3 is 29.6 Å². The van der Waals surface area contributed by atoms with Crippen molar-refractivity contribution in [1.29, 1.82) is 0 Å². The van der Waals surface area contributed by atoms with Crippen LogP contribution in [0.1, 0.15) is 0 Å². The van der Waals surface area contributed by atoms with Crippen molar-refractivity contribution in [3.63, 3.8) is 0 Å². The van der Waals surface area contributed by atoms with Gasteiger partial charge in [0.25, 0.3) is 0 Å². The number of hydrogen-bond acceptors (Lipinski definition) is 3. The summed E-state index contributed by atoms with van der Waals surface area (Å²) in [6.45, 7) is 3.99. The Bertz CT molecular complexity index is 116. The number of carbonyl (C=O) groups is 1. The summed E-state index contributed by atoms with van der Waals surface area (Å²) in [6.07, 6.45) is 1.64. The second kappa shape index (κ2) is 7.28. The van der Waals surface area contributed by atoms with Crippen molar-refractivity contribution in [1.82, 2.24) is 4.90 Å². The van der Waals surface area contributed by atoms with Gasteiger partial charge in [0, 0.05) is 13.1 Å². The summed E-state index contributed by atoms with van der Waals surface area (Å²) in [5, 5.41) is 9.90. The number of nitrogens with zero attached hydrogens (tertiary/aromatic N) is 1. The second-order valence-corrected chi connectivity index (χ2v) is 1.86. The van der Waals surface area contributed by atoms with E-state index in [1.54, 1.807) is 18.0 Å². The molecule has 0 rings (SSSR count). The maximum absolute atomic E-state index is 9.90. The van der Waals surface area contributed by atoms with Crippen LogP contribution in [0.3, 0.4) is 0 Å². The van der Waals surface area contributed by atoms with Crippen LogP contribution in [0, 0.1) is 0 Å². The number of hydrogen-bond donors (Lipinski definition) is 0. The number of likely N-dealkylation sites (N-methyl/N-ethyl adjacent to an activating group) is 1. The van der Waals surface area contributed by atoms with E-state index in [4.69, 9.17) is 0 Å². The predicted molar refractivity (Wildman–Crippen MR) is 32.7 cm³/mol. The van der Waals surface area contributed by atoms with Crippen LogP contribution in [0.5, 0.6) is 0 Å². The van der Waals surface area contributed by atoms with Crippen LogP contribution in [0.4, 0.5) is 0 Å². The van der Waals surface area contributed by atoms with E-state index < -0.39 is 5.97 Å². The van der Waals surface area contributed by atoms with Gasteiger partial charge in [0.1, 0.15) is 0 Å². The maximum Gasteiger partial charge on any atom is 1.00 e. The molecule has 0 bridgehead atoms. The molecular weight excluding hydrogens is 141 g/mol. The van der Waals surface area contributed by atoms with Gasteiger partial charge in [0.15, 0.2) is 0 Å². The summed E-state index contributed by atoms with van der Waals surface area (Å²) >= 11 is 0. The van der Waals surface area contributed by atoms with Crippen molar-refractivity contribution >= 4 is 5.97 Å². The molecule has 0 atom stereocenters. The van der Waals surface area contributed by atoms with E-state index in [0.29, 0.717) is 6.54 Å². The third-order valence-corrected chi connectivity index (χ3v) is 0.840. The number of carboxylic acids is 1. The standard InChI is InChI=1S/C6H11NO2.Na/c1-3-4-7(2)5-6(8)9;/h3H,1,4-5H2,2H3,(H,8,9);/q;+1/p-1. The molecule has 0 aromatic heterocycles. The Labute approximate surface area is 83.0 Å². The van der Waals surface area contributed by atoms with Gasteiger partial charge in [-0.3, -0.25) is 4.90 Å². The molecule has 0 heterocycles. The zero-order valence-electron chi connectivity index (χ0n) is 6.46. The molecule has 0 N–H and O–H groups in total. The second-order valence-electron chi connectivity index (χ2n) is 1.86. The van der Waals surface area contributed by atoms with Crippen LogP contribution < -0.4 is 34.7 Å². The first-order valence-electron chi connectivity index (χ1n) is 2.66. The average Bonchev–Trinajstić information content (AvgIpc) is 1.63. The molecule has 0 fully saturated rings. The molecule has 0 saturated heterocycles. The molecule has 52 valence electrons. The van der Waals surface area contributed by atoms with Gasteiger partial charge in [-0.25, -0.2) is 0 Å². The Kier molecular flexibility index (Phi) is 9.33. The molecule has 0 saturated carbocycles. The van der Waals surface area contributed by atoms with Crippen LogP contribution in [-0.2, 0) is 4.79 Å². The minimum atomic E-state index is -1.06. The summed E-state index contributed by atoms with van der Waals surface area (Å²) in [5.41, 5.74) is 0. The average molecular weight is 151 g/mol.